The van der Waals surface area contributed by atoms with Gasteiger partial charge in [-0.15, -0.1) is 0 Å². The number of phenolic OH excluding ortho intramolecular Hbond substituents is 2. The van der Waals surface area contributed by atoms with E-state index in [9.17, 15) is 48.6 Å². The Bertz CT molecular complexity index is 2230. The number of nitrogens with zero attached hydrogens (tertiary/aromatic N) is 1. The lowest BCUT2D eigenvalue weighted by Gasteiger charge is -2.30. The Morgan fingerprint density at radius 3 is 1.55 bits per heavy atom. The smallest absolute Gasteiger partial charge is 0.408 e. The van der Waals surface area contributed by atoms with E-state index in [1.807, 2.05) is 0 Å². The SMILES string of the molecule is CC(C)(C)OC(=O)NCCC[C@@H]1NC(=O)[C@@H](NC(=O)OC(C)(C)C)Cc2cc(ccc2O)-c2ccc(O)c(c2)C[C@@H](C(=O)N(CCNC(=O)OC(C)(C)C)CC(=O)NCCNC(=O)OC(C)(C)C)NC1=O. The molecule has 71 heavy (non-hydrogen) atoms. The number of ether oxygens (including phenoxy) is 4. The average molecular weight is 999 g/mol. The van der Waals surface area contributed by atoms with E-state index < -0.39 is 95.1 Å². The van der Waals surface area contributed by atoms with Crippen molar-refractivity contribution in [2.24, 2.45) is 0 Å². The zero-order chi connectivity index (χ0) is 53.5. The van der Waals surface area contributed by atoms with Crippen LogP contribution in [0.4, 0.5) is 19.2 Å². The van der Waals surface area contributed by atoms with Crippen LogP contribution in [-0.4, -0.2) is 143 Å². The Balaban J connectivity index is 2.12. The monoisotopic (exact) mass is 999 g/mol. The molecule has 0 aliphatic carbocycles. The molecule has 2 aromatic carbocycles. The number of alkyl carbamates (subject to hydrolysis) is 4. The molecule has 0 spiro atoms. The van der Waals surface area contributed by atoms with Gasteiger partial charge in [0.15, 0.2) is 0 Å². The number of benzene rings is 2. The number of amides is 8. The predicted octanol–water partition coefficient (Wildman–Crippen LogP) is 4.03. The van der Waals surface area contributed by atoms with Gasteiger partial charge in [-0.2, -0.15) is 0 Å². The van der Waals surface area contributed by atoms with Crippen LogP contribution in [-0.2, 0) is 51.0 Å². The fourth-order valence-corrected chi connectivity index (χ4v) is 6.78. The van der Waals surface area contributed by atoms with Crippen molar-refractivity contribution in [2.75, 3.05) is 39.3 Å². The molecule has 0 saturated heterocycles. The van der Waals surface area contributed by atoms with Gasteiger partial charge in [-0.1, -0.05) is 12.1 Å². The van der Waals surface area contributed by atoms with Crippen molar-refractivity contribution in [1.29, 1.82) is 0 Å². The Morgan fingerprint density at radius 1 is 0.592 bits per heavy atom. The minimum absolute atomic E-state index is 0.0152. The minimum atomic E-state index is -1.55. The molecule has 4 bridgehead atoms. The molecule has 1 aliphatic rings. The van der Waals surface area contributed by atoms with Gasteiger partial charge in [0.1, 0.15) is 52.0 Å². The number of nitrogens with one attached hydrogen (secondary N) is 7. The third kappa shape index (κ3) is 22.1. The molecule has 2 aromatic rings. The van der Waals surface area contributed by atoms with E-state index in [-0.39, 0.29) is 81.0 Å². The van der Waals surface area contributed by atoms with Crippen molar-refractivity contribution in [3.05, 3.63) is 47.5 Å². The van der Waals surface area contributed by atoms with E-state index in [2.05, 4.69) is 37.2 Å². The van der Waals surface area contributed by atoms with Crippen molar-refractivity contribution in [3.8, 4) is 22.6 Å². The van der Waals surface area contributed by atoms with E-state index >= 15 is 0 Å². The summed E-state index contributed by atoms with van der Waals surface area (Å²) in [5.74, 6) is -3.75. The predicted molar refractivity (Wildman–Crippen MR) is 261 cm³/mol. The third-order valence-electron chi connectivity index (χ3n) is 9.74. The Morgan fingerprint density at radius 2 is 1.04 bits per heavy atom. The number of phenols is 2. The second-order valence-electron chi connectivity index (χ2n) is 21.0. The molecule has 0 saturated carbocycles. The van der Waals surface area contributed by atoms with Crippen molar-refractivity contribution in [1.82, 2.24) is 42.1 Å². The molecular formula is C49H74N8O14. The highest BCUT2D eigenvalue weighted by atomic mass is 16.6. The first-order valence-corrected chi connectivity index (χ1v) is 23.5. The number of rotatable bonds is 14. The van der Waals surface area contributed by atoms with Gasteiger partial charge < -0.3 is 71.3 Å². The molecule has 0 aromatic heterocycles. The van der Waals surface area contributed by atoms with E-state index in [1.54, 1.807) is 107 Å². The van der Waals surface area contributed by atoms with E-state index in [0.29, 0.717) is 11.1 Å². The molecule has 9 N–H and O–H groups in total. The Hall–Kier alpha value is -7.00. The first-order valence-electron chi connectivity index (χ1n) is 23.5. The molecule has 1 heterocycles. The molecule has 3 atom stereocenters. The van der Waals surface area contributed by atoms with Crippen LogP contribution in [0.25, 0.3) is 11.1 Å². The summed E-state index contributed by atoms with van der Waals surface area (Å²) in [5.41, 5.74) is -1.97. The third-order valence-corrected chi connectivity index (χ3v) is 9.74. The maximum Gasteiger partial charge on any atom is 0.408 e. The fourth-order valence-electron chi connectivity index (χ4n) is 6.78. The van der Waals surface area contributed by atoms with E-state index in [4.69, 9.17) is 18.9 Å². The summed E-state index contributed by atoms with van der Waals surface area (Å²) >= 11 is 0. The van der Waals surface area contributed by atoms with Crippen molar-refractivity contribution in [2.45, 2.75) is 149 Å². The van der Waals surface area contributed by atoms with Crippen LogP contribution >= 0.6 is 0 Å². The zero-order valence-electron chi connectivity index (χ0n) is 43.0. The van der Waals surface area contributed by atoms with Crippen LogP contribution < -0.4 is 37.2 Å². The standard InChI is InChI=1S/C49H74N8O14/c1-46(2,3)68-42(64)51-19-13-14-33-39(61)55-35(41(63)57(23-22-53-44(66)70-48(7,8)9)28-38(60)50-20-21-52-43(65)69-47(4,5)6)27-32-25-30(16-18-37(32)59)29-15-17-36(58)31(24-29)26-34(40(62)54-33)56-45(67)71-49(10,11)12/h15-18,24-25,33-35,58-59H,13-14,19-23,26-28H2,1-12H3,(H,50,60)(H,51,64)(H,52,65)(H,53,66)(H,54,62)(H,55,61)(H,56,67)/t33-,34-,35-/m0/s1. The normalized spacial score (nSPS) is 16.5. The number of carbonyl (C=O) groups excluding carboxylic acids is 8. The van der Waals surface area contributed by atoms with Gasteiger partial charge in [0.2, 0.25) is 23.6 Å². The first-order chi connectivity index (χ1) is 32.8. The highest BCUT2D eigenvalue weighted by Gasteiger charge is 2.34. The summed E-state index contributed by atoms with van der Waals surface area (Å²) in [6.45, 7) is 18.8. The van der Waals surface area contributed by atoms with Crippen LogP contribution in [0.5, 0.6) is 11.5 Å². The minimum Gasteiger partial charge on any atom is -0.508 e. The molecule has 0 fully saturated rings. The Kier molecular flexibility index (Phi) is 20.7. The maximum atomic E-state index is 14.9. The quantitative estimate of drug-likeness (QED) is 0.0955. The summed E-state index contributed by atoms with van der Waals surface area (Å²) in [6.07, 6.45) is -3.91. The summed E-state index contributed by atoms with van der Waals surface area (Å²) in [6, 6.07) is 4.70. The van der Waals surface area contributed by atoms with Crippen LogP contribution in [0, 0.1) is 0 Å². The topological polar surface area (TPSA) is 301 Å². The number of hydrogen-bond donors (Lipinski definition) is 9. The lowest BCUT2D eigenvalue weighted by molar-refractivity contribution is -0.140. The molecule has 394 valence electrons. The van der Waals surface area contributed by atoms with Crippen LogP contribution in [0.3, 0.4) is 0 Å². The summed E-state index contributed by atoms with van der Waals surface area (Å²) in [4.78, 5) is 109. The van der Waals surface area contributed by atoms with Gasteiger partial charge in [0, 0.05) is 45.6 Å². The second kappa shape index (κ2) is 25.2. The Labute approximate surface area is 415 Å². The molecule has 1 aliphatic heterocycles. The van der Waals surface area contributed by atoms with Gasteiger partial charge in [0.05, 0.1) is 6.54 Å². The molecule has 0 radical (unpaired) electrons. The van der Waals surface area contributed by atoms with E-state index in [1.165, 1.54) is 12.1 Å². The van der Waals surface area contributed by atoms with Crippen LogP contribution in [0.2, 0.25) is 0 Å². The molecule has 3 rings (SSSR count). The lowest BCUT2D eigenvalue weighted by Crippen LogP contribution is -2.59. The molecule has 22 heteroatoms. The average Bonchev–Trinajstić information content (AvgIpc) is 3.21. The highest BCUT2D eigenvalue weighted by Crippen LogP contribution is 2.31. The number of aromatic hydroxyl groups is 2. The second-order valence-corrected chi connectivity index (χ2v) is 21.0. The fraction of sp³-hybridized carbons (Fsp3) is 0.592. The van der Waals surface area contributed by atoms with Crippen molar-refractivity contribution >= 4 is 48.0 Å². The zero-order valence-corrected chi connectivity index (χ0v) is 43.0. The summed E-state index contributed by atoms with van der Waals surface area (Å²) in [7, 11) is 0. The lowest BCUT2D eigenvalue weighted by atomic mass is 9.95. The highest BCUT2D eigenvalue weighted by molar-refractivity contribution is 5.95. The number of hydrogen-bond acceptors (Lipinski definition) is 14. The molecule has 8 amide bonds. The number of carbonyl (C=O) groups is 8. The van der Waals surface area contributed by atoms with Gasteiger partial charge in [-0.05, 0) is 142 Å². The van der Waals surface area contributed by atoms with Gasteiger partial charge in [-0.3, -0.25) is 19.2 Å². The van der Waals surface area contributed by atoms with Gasteiger partial charge in [0.25, 0.3) is 0 Å². The summed E-state index contributed by atoms with van der Waals surface area (Å²) in [5, 5.41) is 40.6. The van der Waals surface area contributed by atoms with Crippen LogP contribution in [0.15, 0.2) is 36.4 Å². The van der Waals surface area contributed by atoms with E-state index in [0.717, 1.165) is 4.90 Å². The molecular weight excluding hydrogens is 925 g/mol. The maximum absolute atomic E-state index is 14.9. The van der Waals surface area contributed by atoms with Gasteiger partial charge >= 0.3 is 24.4 Å². The largest absolute Gasteiger partial charge is 0.508 e. The van der Waals surface area contributed by atoms with Gasteiger partial charge in [-0.25, -0.2) is 19.2 Å². The van der Waals surface area contributed by atoms with Crippen molar-refractivity contribution < 1.29 is 67.5 Å². The molecule has 22 nitrogen and oxygen atoms in total. The number of fused-ring (bicyclic) bond motifs is 5. The molecule has 0 unspecified atom stereocenters. The van der Waals surface area contributed by atoms with Crippen molar-refractivity contribution in [3.63, 3.8) is 0 Å². The first kappa shape index (κ1) is 58.3. The van der Waals surface area contributed by atoms with Crippen LogP contribution in [0.1, 0.15) is 107 Å². The summed E-state index contributed by atoms with van der Waals surface area (Å²) < 4.78 is 21.4.